The number of carboxylic acids is 1. The first-order valence-corrected chi connectivity index (χ1v) is 6.72. The van der Waals surface area contributed by atoms with Gasteiger partial charge in [-0.05, 0) is 25.9 Å². The van der Waals surface area contributed by atoms with Crippen molar-refractivity contribution < 1.29 is 14.6 Å². The number of hydrogen-bond acceptors (Lipinski definition) is 3. The van der Waals surface area contributed by atoms with Crippen LogP contribution >= 0.6 is 0 Å². The number of carboxylic acid groups (broad SMARTS) is 1. The Hall–Kier alpha value is -0.610. The normalized spacial score (nSPS) is 11.0. The average Bonchev–Trinajstić information content (AvgIpc) is 2.30. The molecule has 0 aromatic rings. The monoisotopic (exact) mass is 245 g/mol. The highest BCUT2D eigenvalue weighted by atomic mass is 16.5. The number of ether oxygens (including phenoxy) is 1. The maximum Gasteiger partial charge on any atom is 0.305 e. The molecule has 4 heteroatoms. The Morgan fingerprint density at radius 1 is 1.06 bits per heavy atom. The quantitative estimate of drug-likeness (QED) is 0.536. The maximum absolute atomic E-state index is 10.3. The first-order chi connectivity index (χ1) is 8.20. The lowest BCUT2D eigenvalue weighted by molar-refractivity contribution is -0.138. The minimum atomic E-state index is -0.793. The van der Waals surface area contributed by atoms with Crippen molar-refractivity contribution >= 4 is 5.97 Å². The molecule has 0 saturated carbocycles. The molecule has 0 aromatic carbocycles. The van der Waals surface area contributed by atoms with Gasteiger partial charge in [0.05, 0.1) is 19.6 Å². The van der Waals surface area contributed by atoms with E-state index in [2.05, 4.69) is 18.7 Å². The third kappa shape index (κ3) is 11.6. The van der Waals surface area contributed by atoms with Gasteiger partial charge in [0, 0.05) is 6.54 Å². The third-order valence-electron chi connectivity index (χ3n) is 2.67. The molecule has 0 amide bonds. The van der Waals surface area contributed by atoms with Crippen molar-refractivity contribution in [2.45, 2.75) is 46.0 Å². The van der Waals surface area contributed by atoms with Gasteiger partial charge in [-0.2, -0.15) is 0 Å². The molecule has 0 heterocycles. The molecule has 0 atom stereocenters. The van der Waals surface area contributed by atoms with Gasteiger partial charge in [0.1, 0.15) is 0 Å². The topological polar surface area (TPSA) is 49.8 Å². The molecule has 0 fully saturated rings. The second-order valence-corrected chi connectivity index (χ2v) is 4.30. The van der Waals surface area contributed by atoms with Crippen LogP contribution < -0.4 is 0 Å². The van der Waals surface area contributed by atoms with Crippen molar-refractivity contribution in [1.82, 2.24) is 4.90 Å². The molecule has 0 aromatic heterocycles. The molecular weight excluding hydrogens is 218 g/mol. The number of carbonyl (C=O) groups is 1. The minimum Gasteiger partial charge on any atom is -0.481 e. The van der Waals surface area contributed by atoms with Gasteiger partial charge < -0.3 is 14.7 Å². The highest BCUT2D eigenvalue weighted by molar-refractivity contribution is 5.66. The van der Waals surface area contributed by atoms with Gasteiger partial charge >= 0.3 is 5.97 Å². The standard InChI is InChI=1S/C13H27NO3/c1-3-5-8-14(9-6-4-2)10-12-17-11-7-13(15)16/h3-12H2,1-2H3,(H,15,16). The van der Waals surface area contributed by atoms with Crippen molar-refractivity contribution in [3.05, 3.63) is 0 Å². The fraction of sp³-hybridized carbons (Fsp3) is 0.923. The van der Waals surface area contributed by atoms with E-state index in [9.17, 15) is 4.79 Å². The van der Waals surface area contributed by atoms with Gasteiger partial charge in [-0.15, -0.1) is 0 Å². The van der Waals surface area contributed by atoms with Gasteiger partial charge in [0.15, 0.2) is 0 Å². The molecule has 0 spiro atoms. The van der Waals surface area contributed by atoms with E-state index < -0.39 is 5.97 Å². The molecule has 17 heavy (non-hydrogen) atoms. The summed E-state index contributed by atoms with van der Waals surface area (Å²) in [6.07, 6.45) is 4.96. The maximum atomic E-state index is 10.3. The molecule has 0 aliphatic carbocycles. The van der Waals surface area contributed by atoms with Crippen LogP contribution in [0.5, 0.6) is 0 Å². The van der Waals surface area contributed by atoms with Gasteiger partial charge in [-0.1, -0.05) is 26.7 Å². The van der Waals surface area contributed by atoms with E-state index in [1.807, 2.05) is 0 Å². The van der Waals surface area contributed by atoms with Gasteiger partial charge in [0.25, 0.3) is 0 Å². The van der Waals surface area contributed by atoms with Crippen LogP contribution in [0.1, 0.15) is 46.0 Å². The molecule has 0 saturated heterocycles. The van der Waals surface area contributed by atoms with Crippen molar-refractivity contribution in [2.24, 2.45) is 0 Å². The number of unbranched alkanes of at least 4 members (excludes halogenated alkanes) is 2. The Kier molecular flexibility index (Phi) is 11.4. The minimum absolute atomic E-state index is 0.101. The second-order valence-electron chi connectivity index (χ2n) is 4.30. The summed E-state index contributed by atoms with van der Waals surface area (Å²) < 4.78 is 5.31. The largest absolute Gasteiger partial charge is 0.481 e. The Labute approximate surface area is 105 Å². The van der Waals surface area contributed by atoms with E-state index >= 15 is 0 Å². The SMILES string of the molecule is CCCCN(CCCC)CCOCCC(=O)O. The van der Waals surface area contributed by atoms with Crippen LogP contribution in [0.4, 0.5) is 0 Å². The van der Waals surface area contributed by atoms with Gasteiger partial charge in [-0.3, -0.25) is 4.79 Å². The van der Waals surface area contributed by atoms with Crippen LogP contribution in [0.25, 0.3) is 0 Å². The average molecular weight is 245 g/mol. The van der Waals surface area contributed by atoms with Crippen LogP contribution in [0.15, 0.2) is 0 Å². The molecule has 0 bridgehead atoms. The number of hydrogen-bond donors (Lipinski definition) is 1. The van der Waals surface area contributed by atoms with E-state index in [1.165, 1.54) is 25.7 Å². The molecule has 0 unspecified atom stereocenters. The van der Waals surface area contributed by atoms with Crippen LogP contribution in [0.2, 0.25) is 0 Å². The molecule has 1 N–H and O–H groups in total. The summed E-state index contributed by atoms with van der Waals surface area (Å²) in [5, 5.41) is 8.46. The molecule has 0 aliphatic rings. The zero-order chi connectivity index (χ0) is 12.9. The Bertz CT molecular complexity index is 178. The zero-order valence-electron chi connectivity index (χ0n) is 11.3. The molecular formula is C13H27NO3. The lowest BCUT2D eigenvalue weighted by Gasteiger charge is -2.21. The lowest BCUT2D eigenvalue weighted by atomic mass is 10.2. The van der Waals surface area contributed by atoms with Crippen LogP contribution in [0.3, 0.4) is 0 Å². The molecule has 0 rings (SSSR count). The van der Waals surface area contributed by atoms with Crippen molar-refractivity contribution in [3.63, 3.8) is 0 Å². The number of nitrogens with zero attached hydrogens (tertiary/aromatic N) is 1. The lowest BCUT2D eigenvalue weighted by Crippen LogP contribution is -2.30. The van der Waals surface area contributed by atoms with E-state index in [0.29, 0.717) is 13.2 Å². The summed E-state index contributed by atoms with van der Waals surface area (Å²) in [6, 6.07) is 0. The molecule has 0 aliphatic heterocycles. The van der Waals surface area contributed by atoms with Crippen molar-refractivity contribution in [1.29, 1.82) is 0 Å². The highest BCUT2D eigenvalue weighted by Crippen LogP contribution is 1.99. The van der Waals surface area contributed by atoms with Crippen LogP contribution in [-0.2, 0) is 9.53 Å². The predicted octanol–water partition coefficient (Wildman–Crippen LogP) is 2.38. The zero-order valence-corrected chi connectivity index (χ0v) is 11.3. The first kappa shape index (κ1) is 16.4. The second kappa shape index (κ2) is 11.9. The fourth-order valence-corrected chi connectivity index (χ4v) is 1.55. The smallest absolute Gasteiger partial charge is 0.305 e. The van der Waals surface area contributed by atoms with E-state index in [-0.39, 0.29) is 6.42 Å². The van der Waals surface area contributed by atoms with Crippen LogP contribution in [-0.4, -0.2) is 48.8 Å². The fourth-order valence-electron chi connectivity index (χ4n) is 1.55. The number of rotatable bonds is 12. The highest BCUT2D eigenvalue weighted by Gasteiger charge is 2.04. The van der Waals surface area contributed by atoms with Gasteiger partial charge in [-0.25, -0.2) is 0 Å². The van der Waals surface area contributed by atoms with Crippen molar-refractivity contribution in [3.8, 4) is 0 Å². The Morgan fingerprint density at radius 2 is 1.65 bits per heavy atom. The molecule has 4 nitrogen and oxygen atoms in total. The predicted molar refractivity (Wildman–Crippen MR) is 69.3 cm³/mol. The summed E-state index contributed by atoms with van der Waals surface area (Å²) in [5.41, 5.74) is 0. The first-order valence-electron chi connectivity index (χ1n) is 6.72. The third-order valence-corrected chi connectivity index (χ3v) is 2.67. The molecule has 0 radical (unpaired) electrons. The van der Waals surface area contributed by atoms with Crippen LogP contribution in [0, 0.1) is 0 Å². The summed E-state index contributed by atoms with van der Waals surface area (Å²) in [5.74, 6) is -0.793. The molecule has 102 valence electrons. The Balaban J connectivity index is 3.55. The number of aliphatic carboxylic acids is 1. The summed E-state index contributed by atoms with van der Waals surface area (Å²) in [6.45, 7) is 8.52. The van der Waals surface area contributed by atoms with Crippen molar-refractivity contribution in [2.75, 3.05) is 32.8 Å². The van der Waals surface area contributed by atoms with E-state index in [4.69, 9.17) is 9.84 Å². The van der Waals surface area contributed by atoms with Gasteiger partial charge in [0.2, 0.25) is 0 Å². The van der Waals surface area contributed by atoms with E-state index in [1.54, 1.807) is 0 Å². The summed E-state index contributed by atoms with van der Waals surface area (Å²) >= 11 is 0. The summed E-state index contributed by atoms with van der Waals surface area (Å²) in [4.78, 5) is 12.7. The van der Waals surface area contributed by atoms with E-state index in [0.717, 1.165) is 19.6 Å². The summed E-state index contributed by atoms with van der Waals surface area (Å²) in [7, 11) is 0. The Morgan fingerprint density at radius 3 is 2.12 bits per heavy atom.